The van der Waals surface area contributed by atoms with E-state index in [1.165, 1.54) is 16.7 Å². The molecule has 0 fully saturated rings. The zero-order chi connectivity index (χ0) is 19.0. The molecule has 0 bridgehead atoms. The lowest BCUT2D eigenvalue weighted by Crippen LogP contribution is -2.31. The Labute approximate surface area is 167 Å². The molecule has 6 heteroatoms. The van der Waals surface area contributed by atoms with Gasteiger partial charge in [-0.1, -0.05) is 60.8 Å². The molecule has 0 spiro atoms. The summed E-state index contributed by atoms with van der Waals surface area (Å²) in [5, 5.41) is 0.964. The van der Waals surface area contributed by atoms with Crippen molar-refractivity contribution < 1.29 is 9.59 Å². The van der Waals surface area contributed by atoms with Gasteiger partial charge in [-0.25, -0.2) is 4.90 Å². The Balaban J connectivity index is 2.14. The Morgan fingerprint density at radius 2 is 1.62 bits per heavy atom. The molecule has 2 aromatic rings. The Hall–Kier alpha value is -1.75. The molecule has 0 saturated carbocycles. The van der Waals surface area contributed by atoms with Crippen molar-refractivity contribution in [2.75, 3.05) is 4.90 Å². The maximum atomic E-state index is 13.2. The quantitative estimate of drug-likeness (QED) is 0.609. The summed E-state index contributed by atoms with van der Waals surface area (Å²) >= 11 is 13.7. The first-order chi connectivity index (χ1) is 12.3. The van der Waals surface area contributed by atoms with Crippen LogP contribution in [-0.4, -0.2) is 17.1 Å². The molecule has 26 heavy (non-hydrogen) atoms. The smallest absolute Gasteiger partial charge is 0.268 e. The molecule has 0 aliphatic carbocycles. The number of nitrogens with zero attached hydrogens (tertiary/aromatic N) is 1. The number of anilines is 1. The van der Waals surface area contributed by atoms with E-state index in [1.807, 2.05) is 32.9 Å². The SMILES string of the molecule is Cc1ccc(N2C(=O)C(SC(C)C)=C(c3ccc(Cl)cc3Cl)C2=O)cc1. The molecular weight excluding hydrogens is 389 g/mol. The summed E-state index contributed by atoms with van der Waals surface area (Å²) in [4.78, 5) is 27.9. The van der Waals surface area contributed by atoms with Crippen molar-refractivity contribution >= 4 is 58.0 Å². The second kappa shape index (κ2) is 7.47. The third-order valence-electron chi connectivity index (χ3n) is 3.89. The highest BCUT2D eigenvalue weighted by Gasteiger charge is 2.41. The number of amides is 2. The molecule has 3 nitrogen and oxygen atoms in total. The van der Waals surface area contributed by atoms with Gasteiger partial charge in [-0.15, -0.1) is 11.8 Å². The van der Waals surface area contributed by atoms with Crippen molar-refractivity contribution in [3.8, 4) is 0 Å². The van der Waals surface area contributed by atoms with Crippen molar-refractivity contribution in [1.82, 2.24) is 0 Å². The van der Waals surface area contributed by atoms with Gasteiger partial charge in [-0.05, 0) is 31.2 Å². The largest absolute Gasteiger partial charge is 0.272 e. The maximum Gasteiger partial charge on any atom is 0.272 e. The standard InChI is InChI=1S/C20H17Cl2NO2S/c1-11(2)26-18-17(15-9-6-13(21)10-16(15)22)19(24)23(20(18)25)14-7-4-12(3)5-8-14/h4-11H,1-3H3. The Morgan fingerprint density at radius 1 is 0.962 bits per heavy atom. The Morgan fingerprint density at radius 3 is 2.19 bits per heavy atom. The van der Waals surface area contributed by atoms with Gasteiger partial charge in [0.2, 0.25) is 0 Å². The van der Waals surface area contributed by atoms with Crippen LogP contribution in [0.25, 0.3) is 5.57 Å². The molecule has 3 rings (SSSR count). The molecule has 0 atom stereocenters. The summed E-state index contributed by atoms with van der Waals surface area (Å²) in [6.45, 7) is 5.91. The molecule has 1 aliphatic heterocycles. The van der Waals surface area contributed by atoms with E-state index in [2.05, 4.69) is 0 Å². The lowest BCUT2D eigenvalue weighted by atomic mass is 10.1. The predicted molar refractivity (Wildman–Crippen MR) is 110 cm³/mol. The van der Waals surface area contributed by atoms with Gasteiger partial charge in [-0.3, -0.25) is 9.59 Å². The first kappa shape index (κ1) is 19.0. The third kappa shape index (κ3) is 3.54. The van der Waals surface area contributed by atoms with Crippen LogP contribution in [0.4, 0.5) is 5.69 Å². The van der Waals surface area contributed by atoms with Crippen LogP contribution in [0.15, 0.2) is 47.4 Å². The highest BCUT2D eigenvalue weighted by Crippen LogP contribution is 2.42. The number of thioether (sulfide) groups is 1. The van der Waals surface area contributed by atoms with E-state index < -0.39 is 0 Å². The topological polar surface area (TPSA) is 37.4 Å². The van der Waals surface area contributed by atoms with Crippen LogP contribution in [0.2, 0.25) is 10.0 Å². The molecule has 0 saturated heterocycles. The van der Waals surface area contributed by atoms with Gasteiger partial charge in [0.1, 0.15) is 0 Å². The van der Waals surface area contributed by atoms with Crippen LogP contribution < -0.4 is 4.90 Å². The molecule has 2 aromatic carbocycles. The molecule has 0 aromatic heterocycles. The molecule has 0 radical (unpaired) electrons. The van der Waals surface area contributed by atoms with E-state index >= 15 is 0 Å². The number of imide groups is 1. The van der Waals surface area contributed by atoms with Gasteiger partial charge >= 0.3 is 0 Å². The zero-order valence-corrected chi connectivity index (χ0v) is 16.9. The zero-order valence-electron chi connectivity index (χ0n) is 14.5. The van der Waals surface area contributed by atoms with Crippen LogP contribution in [-0.2, 0) is 9.59 Å². The van der Waals surface area contributed by atoms with Crippen molar-refractivity contribution in [2.24, 2.45) is 0 Å². The van der Waals surface area contributed by atoms with E-state index in [0.29, 0.717) is 31.8 Å². The van der Waals surface area contributed by atoms with E-state index in [0.717, 1.165) is 5.56 Å². The number of carbonyl (C=O) groups is 2. The van der Waals surface area contributed by atoms with Gasteiger partial charge in [0.15, 0.2) is 0 Å². The van der Waals surface area contributed by atoms with Crippen LogP contribution in [0.1, 0.15) is 25.0 Å². The van der Waals surface area contributed by atoms with Crippen molar-refractivity contribution in [3.63, 3.8) is 0 Å². The normalized spacial score (nSPS) is 14.8. The summed E-state index contributed by atoms with van der Waals surface area (Å²) in [6, 6.07) is 12.2. The average molecular weight is 406 g/mol. The number of benzene rings is 2. The van der Waals surface area contributed by atoms with Gasteiger partial charge in [0.25, 0.3) is 11.8 Å². The number of hydrogen-bond donors (Lipinski definition) is 0. The first-order valence-corrected chi connectivity index (χ1v) is 9.75. The fourth-order valence-electron chi connectivity index (χ4n) is 2.71. The number of aryl methyl sites for hydroxylation is 1. The molecule has 134 valence electrons. The molecule has 2 amide bonds. The lowest BCUT2D eigenvalue weighted by Gasteiger charge is -2.15. The fourth-order valence-corrected chi connectivity index (χ4v) is 4.19. The minimum absolute atomic E-state index is 0.140. The molecule has 1 heterocycles. The minimum atomic E-state index is -0.369. The number of hydrogen-bond acceptors (Lipinski definition) is 3. The fraction of sp³-hybridized carbons (Fsp3) is 0.200. The summed E-state index contributed by atoms with van der Waals surface area (Å²) in [5.41, 5.74) is 2.45. The van der Waals surface area contributed by atoms with E-state index in [1.54, 1.807) is 30.3 Å². The van der Waals surface area contributed by atoms with Crippen molar-refractivity contribution in [1.29, 1.82) is 0 Å². The van der Waals surface area contributed by atoms with Crippen molar-refractivity contribution in [3.05, 3.63) is 68.5 Å². The highest BCUT2D eigenvalue weighted by atomic mass is 35.5. The summed E-state index contributed by atoms with van der Waals surface area (Å²) in [5.74, 6) is -0.690. The molecule has 1 aliphatic rings. The van der Waals surface area contributed by atoms with E-state index in [4.69, 9.17) is 23.2 Å². The van der Waals surface area contributed by atoms with Crippen LogP contribution in [0.5, 0.6) is 0 Å². The Bertz CT molecular complexity index is 920. The summed E-state index contributed by atoms with van der Waals surface area (Å²) < 4.78 is 0. The second-order valence-corrected chi connectivity index (χ2v) is 8.71. The first-order valence-electron chi connectivity index (χ1n) is 8.11. The average Bonchev–Trinajstić information content (AvgIpc) is 2.79. The van der Waals surface area contributed by atoms with Crippen LogP contribution in [0.3, 0.4) is 0 Å². The van der Waals surface area contributed by atoms with Gasteiger partial charge < -0.3 is 0 Å². The number of rotatable bonds is 4. The number of halogens is 2. The molecule has 0 N–H and O–H groups in total. The molecular formula is C20H17Cl2NO2S. The predicted octanol–water partition coefficient (Wildman–Crippen LogP) is 5.73. The molecule has 0 unspecified atom stereocenters. The van der Waals surface area contributed by atoms with Crippen LogP contribution in [0, 0.1) is 6.92 Å². The maximum absolute atomic E-state index is 13.2. The minimum Gasteiger partial charge on any atom is -0.268 e. The number of carbonyl (C=O) groups excluding carboxylic acids is 2. The second-order valence-electron chi connectivity index (χ2n) is 6.28. The third-order valence-corrected chi connectivity index (χ3v) is 5.52. The van der Waals surface area contributed by atoms with E-state index in [9.17, 15) is 9.59 Å². The highest BCUT2D eigenvalue weighted by molar-refractivity contribution is 8.04. The van der Waals surface area contributed by atoms with Crippen molar-refractivity contribution in [2.45, 2.75) is 26.0 Å². The van der Waals surface area contributed by atoms with Gasteiger partial charge in [0.05, 0.1) is 21.2 Å². The monoisotopic (exact) mass is 405 g/mol. The van der Waals surface area contributed by atoms with E-state index in [-0.39, 0.29) is 17.1 Å². The van der Waals surface area contributed by atoms with Crippen LogP contribution >= 0.6 is 35.0 Å². The Kier molecular flexibility index (Phi) is 5.47. The lowest BCUT2D eigenvalue weighted by molar-refractivity contribution is -0.119. The van der Waals surface area contributed by atoms with Gasteiger partial charge in [-0.2, -0.15) is 0 Å². The summed E-state index contributed by atoms with van der Waals surface area (Å²) in [6.07, 6.45) is 0. The van der Waals surface area contributed by atoms with Gasteiger partial charge in [0, 0.05) is 15.8 Å². The summed E-state index contributed by atoms with van der Waals surface area (Å²) in [7, 11) is 0.